The van der Waals surface area contributed by atoms with E-state index in [4.69, 9.17) is 11.6 Å². The van der Waals surface area contributed by atoms with Crippen LogP contribution >= 0.6 is 22.9 Å². The zero-order valence-corrected chi connectivity index (χ0v) is 15.1. The standard InChI is InChI=1S/C19H15ClN2O3S/c20-14-8-6-12(7-9-14)10-15(19(24)25)21-17(23)16-11-26-18(22-16)13-4-2-1-3-5-13/h1-9,11,15H,10H2,(H,21,23)(H,24,25). The van der Waals surface area contributed by atoms with E-state index in [2.05, 4.69) is 10.3 Å². The molecule has 0 aliphatic carbocycles. The number of amides is 1. The van der Waals surface area contributed by atoms with E-state index in [1.807, 2.05) is 30.3 Å². The molecule has 132 valence electrons. The van der Waals surface area contributed by atoms with E-state index in [1.165, 1.54) is 11.3 Å². The summed E-state index contributed by atoms with van der Waals surface area (Å²) in [7, 11) is 0. The summed E-state index contributed by atoms with van der Waals surface area (Å²) in [5, 5.41) is 14.8. The Hall–Kier alpha value is -2.70. The molecule has 1 atom stereocenters. The molecule has 5 nitrogen and oxygen atoms in total. The zero-order valence-electron chi connectivity index (χ0n) is 13.6. The Bertz CT molecular complexity index is 910. The predicted molar refractivity (Wildman–Crippen MR) is 102 cm³/mol. The molecule has 3 aromatic rings. The van der Waals surface area contributed by atoms with Crippen LogP contribution in [0.1, 0.15) is 16.1 Å². The maximum absolute atomic E-state index is 12.4. The molecule has 0 spiro atoms. The van der Waals surface area contributed by atoms with Gasteiger partial charge in [-0.15, -0.1) is 11.3 Å². The highest BCUT2D eigenvalue weighted by Gasteiger charge is 2.22. The fourth-order valence-electron chi connectivity index (χ4n) is 2.38. The van der Waals surface area contributed by atoms with Crippen LogP contribution in [-0.4, -0.2) is 28.0 Å². The van der Waals surface area contributed by atoms with E-state index in [0.717, 1.165) is 11.1 Å². The zero-order chi connectivity index (χ0) is 18.5. The molecule has 3 rings (SSSR count). The normalized spacial score (nSPS) is 11.7. The van der Waals surface area contributed by atoms with Gasteiger partial charge < -0.3 is 10.4 Å². The summed E-state index contributed by atoms with van der Waals surface area (Å²) in [6.07, 6.45) is 0.161. The number of carbonyl (C=O) groups is 2. The Labute approximate surface area is 159 Å². The Morgan fingerprint density at radius 3 is 2.46 bits per heavy atom. The van der Waals surface area contributed by atoms with E-state index in [0.29, 0.717) is 10.0 Å². The van der Waals surface area contributed by atoms with Crippen molar-refractivity contribution in [3.63, 3.8) is 0 Å². The van der Waals surface area contributed by atoms with Crippen LogP contribution in [0.4, 0.5) is 0 Å². The molecule has 0 radical (unpaired) electrons. The molecule has 0 aliphatic heterocycles. The molecule has 2 N–H and O–H groups in total. The van der Waals surface area contributed by atoms with Gasteiger partial charge >= 0.3 is 5.97 Å². The Balaban J connectivity index is 1.71. The fraction of sp³-hybridized carbons (Fsp3) is 0.105. The van der Waals surface area contributed by atoms with Crippen molar-refractivity contribution in [3.05, 3.63) is 76.3 Å². The monoisotopic (exact) mass is 386 g/mol. The van der Waals surface area contributed by atoms with E-state index >= 15 is 0 Å². The quantitative estimate of drug-likeness (QED) is 0.673. The first-order chi connectivity index (χ1) is 12.5. The highest BCUT2D eigenvalue weighted by Crippen LogP contribution is 2.23. The van der Waals surface area contributed by atoms with Gasteiger partial charge in [0.15, 0.2) is 0 Å². The summed E-state index contributed by atoms with van der Waals surface area (Å²) >= 11 is 7.17. The first-order valence-electron chi connectivity index (χ1n) is 7.82. The van der Waals surface area contributed by atoms with E-state index < -0.39 is 17.9 Å². The van der Waals surface area contributed by atoms with Crippen LogP contribution in [-0.2, 0) is 11.2 Å². The number of nitrogens with one attached hydrogen (secondary N) is 1. The van der Waals surface area contributed by atoms with Crippen molar-refractivity contribution in [2.45, 2.75) is 12.5 Å². The van der Waals surface area contributed by atoms with Gasteiger partial charge in [0.05, 0.1) is 0 Å². The smallest absolute Gasteiger partial charge is 0.326 e. The van der Waals surface area contributed by atoms with Crippen LogP contribution in [0, 0.1) is 0 Å². The molecular weight excluding hydrogens is 372 g/mol. The lowest BCUT2D eigenvalue weighted by atomic mass is 10.1. The van der Waals surface area contributed by atoms with Crippen LogP contribution in [0.5, 0.6) is 0 Å². The summed E-state index contributed by atoms with van der Waals surface area (Å²) in [5.74, 6) is -1.61. The van der Waals surface area contributed by atoms with E-state index in [-0.39, 0.29) is 12.1 Å². The van der Waals surface area contributed by atoms with Crippen molar-refractivity contribution in [2.24, 2.45) is 0 Å². The molecule has 0 aliphatic rings. The first-order valence-corrected chi connectivity index (χ1v) is 9.08. The minimum absolute atomic E-state index is 0.161. The van der Waals surface area contributed by atoms with Gasteiger partial charge in [-0.1, -0.05) is 54.1 Å². The van der Waals surface area contributed by atoms with Crippen molar-refractivity contribution in [3.8, 4) is 10.6 Å². The molecule has 1 unspecified atom stereocenters. The maximum atomic E-state index is 12.4. The summed E-state index contributed by atoms with van der Waals surface area (Å²) < 4.78 is 0. The van der Waals surface area contributed by atoms with Gasteiger partial charge in [0.1, 0.15) is 16.7 Å². The van der Waals surface area contributed by atoms with Gasteiger partial charge in [-0.3, -0.25) is 4.79 Å². The number of hydrogen-bond acceptors (Lipinski definition) is 4. The molecule has 2 aromatic carbocycles. The number of aromatic nitrogens is 1. The molecule has 1 aromatic heterocycles. The number of benzene rings is 2. The second-order valence-electron chi connectivity index (χ2n) is 5.60. The molecule has 1 amide bonds. The third-order valence-corrected chi connectivity index (χ3v) is 4.86. The van der Waals surface area contributed by atoms with Crippen LogP contribution in [0.3, 0.4) is 0 Å². The lowest BCUT2D eigenvalue weighted by Gasteiger charge is -2.14. The summed E-state index contributed by atoms with van der Waals surface area (Å²) in [4.78, 5) is 28.2. The number of halogens is 1. The number of hydrogen-bond donors (Lipinski definition) is 2. The average molecular weight is 387 g/mol. The molecule has 0 saturated carbocycles. The minimum atomic E-state index is -1.10. The molecule has 7 heteroatoms. The number of thiazole rings is 1. The van der Waals surface area contributed by atoms with Crippen molar-refractivity contribution >= 4 is 34.8 Å². The molecule has 0 saturated heterocycles. The molecular formula is C19H15ClN2O3S. The summed E-state index contributed by atoms with van der Waals surface area (Å²) in [6.45, 7) is 0. The SMILES string of the molecule is O=C(NC(Cc1ccc(Cl)cc1)C(=O)O)c1csc(-c2ccccc2)n1. The van der Waals surface area contributed by atoms with Crippen molar-refractivity contribution in [2.75, 3.05) is 0 Å². The Morgan fingerprint density at radius 2 is 1.81 bits per heavy atom. The van der Waals surface area contributed by atoms with E-state index in [1.54, 1.807) is 29.6 Å². The van der Waals surface area contributed by atoms with Crippen molar-refractivity contribution in [1.82, 2.24) is 10.3 Å². The molecule has 0 fully saturated rings. The maximum Gasteiger partial charge on any atom is 0.326 e. The van der Waals surface area contributed by atoms with Crippen LogP contribution in [0.2, 0.25) is 5.02 Å². The molecule has 26 heavy (non-hydrogen) atoms. The summed E-state index contributed by atoms with van der Waals surface area (Å²) in [5.41, 5.74) is 1.88. The van der Waals surface area contributed by atoms with Gasteiger partial charge in [-0.2, -0.15) is 0 Å². The second kappa shape index (κ2) is 8.12. The van der Waals surface area contributed by atoms with Gasteiger partial charge in [0.2, 0.25) is 0 Å². The van der Waals surface area contributed by atoms with Gasteiger partial charge in [0, 0.05) is 22.4 Å². The average Bonchev–Trinajstić information content (AvgIpc) is 3.14. The van der Waals surface area contributed by atoms with Crippen LogP contribution < -0.4 is 5.32 Å². The van der Waals surface area contributed by atoms with Gasteiger partial charge in [-0.05, 0) is 17.7 Å². The van der Waals surface area contributed by atoms with E-state index in [9.17, 15) is 14.7 Å². The fourth-order valence-corrected chi connectivity index (χ4v) is 3.31. The molecule has 0 bridgehead atoms. The highest BCUT2D eigenvalue weighted by molar-refractivity contribution is 7.13. The van der Waals surface area contributed by atoms with Crippen molar-refractivity contribution in [1.29, 1.82) is 0 Å². The third kappa shape index (κ3) is 4.47. The number of carboxylic acid groups (broad SMARTS) is 1. The lowest BCUT2D eigenvalue weighted by molar-refractivity contribution is -0.139. The largest absolute Gasteiger partial charge is 0.480 e. The van der Waals surface area contributed by atoms with Crippen LogP contribution in [0.25, 0.3) is 10.6 Å². The van der Waals surface area contributed by atoms with Gasteiger partial charge in [-0.25, -0.2) is 9.78 Å². The third-order valence-electron chi connectivity index (χ3n) is 3.71. The predicted octanol–water partition coefficient (Wildman–Crippen LogP) is 3.89. The number of rotatable bonds is 6. The molecule has 1 heterocycles. The number of nitrogens with zero attached hydrogens (tertiary/aromatic N) is 1. The van der Waals surface area contributed by atoms with Crippen LogP contribution in [0.15, 0.2) is 60.0 Å². The van der Waals surface area contributed by atoms with Gasteiger partial charge in [0.25, 0.3) is 5.91 Å². The lowest BCUT2D eigenvalue weighted by Crippen LogP contribution is -2.42. The highest BCUT2D eigenvalue weighted by atomic mass is 35.5. The first kappa shape index (κ1) is 18.1. The second-order valence-corrected chi connectivity index (χ2v) is 6.89. The topological polar surface area (TPSA) is 79.3 Å². The van der Waals surface area contributed by atoms with Crippen molar-refractivity contribution < 1.29 is 14.7 Å². The Kier molecular flexibility index (Phi) is 5.65. The number of carboxylic acids is 1. The number of aliphatic carboxylic acids is 1. The minimum Gasteiger partial charge on any atom is -0.480 e. The summed E-state index contributed by atoms with van der Waals surface area (Å²) in [6, 6.07) is 15.3. The Morgan fingerprint density at radius 1 is 1.12 bits per heavy atom. The number of carbonyl (C=O) groups excluding carboxylic acids is 1.